The lowest BCUT2D eigenvalue weighted by molar-refractivity contribution is -0.384. The Bertz CT molecular complexity index is 699. The maximum Gasteiger partial charge on any atom is 0.269 e. The molecule has 23 heavy (non-hydrogen) atoms. The lowest BCUT2D eigenvalue weighted by atomic mass is 9.92. The third kappa shape index (κ3) is 3.70. The van der Waals surface area contributed by atoms with Crippen LogP contribution in [0.4, 0.5) is 5.69 Å². The molecule has 8 heteroatoms. The number of nitro groups is 1. The molecule has 0 aromatic heterocycles. The number of ether oxygens (including phenoxy) is 1. The zero-order valence-corrected chi connectivity index (χ0v) is 13.7. The summed E-state index contributed by atoms with van der Waals surface area (Å²) in [4.78, 5) is 10.1. The summed E-state index contributed by atoms with van der Waals surface area (Å²) in [5, 5.41) is 10.6. The summed E-state index contributed by atoms with van der Waals surface area (Å²) in [6.07, 6.45) is 2.77. The molecule has 7 nitrogen and oxygen atoms in total. The molecule has 1 aliphatic carbocycles. The van der Waals surface area contributed by atoms with Gasteiger partial charge >= 0.3 is 0 Å². The minimum atomic E-state index is -3.55. The number of non-ortho nitro benzene ring substituents is 1. The second-order valence-corrected chi connectivity index (χ2v) is 8.30. The van der Waals surface area contributed by atoms with Crippen LogP contribution >= 0.6 is 0 Å². The van der Waals surface area contributed by atoms with E-state index in [9.17, 15) is 18.5 Å². The van der Waals surface area contributed by atoms with Crippen molar-refractivity contribution in [2.75, 3.05) is 6.61 Å². The van der Waals surface area contributed by atoms with E-state index in [-0.39, 0.29) is 17.5 Å². The van der Waals surface area contributed by atoms with E-state index in [4.69, 9.17) is 4.74 Å². The zero-order chi connectivity index (χ0) is 16.7. The first-order valence-electron chi connectivity index (χ1n) is 7.66. The summed E-state index contributed by atoms with van der Waals surface area (Å²) in [5.41, 5.74) is -0.0986. The standard InChI is InChI=1S/C15H20N2O5S/c1-15(8-9-22-14(15)12-4-5-12)16-23(20,21)10-11-2-6-13(7-3-11)17(18)19/h2-3,6-7,12,14,16H,4-5,8-10H2,1H3/t14-,15-/m1/s1. The van der Waals surface area contributed by atoms with Crippen LogP contribution in [0.25, 0.3) is 0 Å². The second-order valence-electron chi connectivity index (χ2n) is 6.58. The molecular weight excluding hydrogens is 320 g/mol. The number of benzene rings is 1. The van der Waals surface area contributed by atoms with Crippen LogP contribution in [0.1, 0.15) is 31.7 Å². The largest absolute Gasteiger partial charge is 0.376 e. The van der Waals surface area contributed by atoms with Gasteiger partial charge in [0.25, 0.3) is 5.69 Å². The summed E-state index contributed by atoms with van der Waals surface area (Å²) in [6, 6.07) is 5.59. The topological polar surface area (TPSA) is 98.5 Å². The first-order chi connectivity index (χ1) is 10.8. The van der Waals surface area contributed by atoms with Crippen molar-refractivity contribution < 1.29 is 18.1 Å². The van der Waals surface area contributed by atoms with E-state index in [2.05, 4.69) is 4.72 Å². The molecule has 0 radical (unpaired) electrons. The van der Waals surface area contributed by atoms with Gasteiger partial charge in [0.2, 0.25) is 10.0 Å². The van der Waals surface area contributed by atoms with Gasteiger partial charge in [0.1, 0.15) is 0 Å². The Morgan fingerprint density at radius 2 is 2.00 bits per heavy atom. The van der Waals surface area contributed by atoms with E-state index in [1.807, 2.05) is 6.92 Å². The predicted molar refractivity (Wildman–Crippen MR) is 84.3 cm³/mol. The molecule has 1 aromatic rings. The van der Waals surface area contributed by atoms with Crippen LogP contribution in [-0.4, -0.2) is 31.6 Å². The van der Waals surface area contributed by atoms with Gasteiger partial charge in [0.15, 0.2) is 0 Å². The Morgan fingerprint density at radius 3 is 2.57 bits per heavy atom. The van der Waals surface area contributed by atoms with Gasteiger partial charge < -0.3 is 4.74 Å². The van der Waals surface area contributed by atoms with Crippen LogP contribution in [-0.2, 0) is 20.5 Å². The number of nitrogens with one attached hydrogen (secondary N) is 1. The van der Waals surface area contributed by atoms with Crippen molar-refractivity contribution in [2.45, 2.75) is 43.6 Å². The van der Waals surface area contributed by atoms with Crippen LogP contribution in [0.5, 0.6) is 0 Å². The molecule has 3 rings (SSSR count). The molecular formula is C15H20N2O5S. The summed E-state index contributed by atoms with van der Waals surface area (Å²) in [7, 11) is -3.55. The van der Waals surface area contributed by atoms with Crippen molar-refractivity contribution >= 4 is 15.7 Å². The fraction of sp³-hybridized carbons (Fsp3) is 0.600. The smallest absolute Gasteiger partial charge is 0.269 e. The highest BCUT2D eigenvalue weighted by atomic mass is 32.2. The number of hydrogen-bond acceptors (Lipinski definition) is 5. The van der Waals surface area contributed by atoms with E-state index in [0.717, 1.165) is 12.8 Å². The van der Waals surface area contributed by atoms with Crippen LogP contribution in [0.2, 0.25) is 0 Å². The van der Waals surface area contributed by atoms with E-state index in [1.165, 1.54) is 24.3 Å². The number of hydrogen-bond donors (Lipinski definition) is 1. The lowest BCUT2D eigenvalue weighted by Gasteiger charge is -2.31. The van der Waals surface area contributed by atoms with E-state index in [1.54, 1.807) is 0 Å². The minimum absolute atomic E-state index is 0.0518. The molecule has 0 bridgehead atoms. The third-order valence-corrected chi connectivity index (χ3v) is 5.98. The molecule has 126 valence electrons. The molecule has 1 aromatic carbocycles. The third-order valence-electron chi connectivity index (χ3n) is 4.49. The molecule has 2 fully saturated rings. The molecule has 0 spiro atoms. The quantitative estimate of drug-likeness (QED) is 0.630. The first kappa shape index (κ1) is 16.4. The number of nitro benzene ring substituents is 1. The molecule has 1 heterocycles. The summed E-state index contributed by atoms with van der Waals surface area (Å²) < 4.78 is 33.5. The summed E-state index contributed by atoms with van der Waals surface area (Å²) >= 11 is 0. The number of nitrogens with zero attached hydrogens (tertiary/aromatic N) is 1. The van der Waals surface area contributed by atoms with Crippen molar-refractivity contribution in [2.24, 2.45) is 5.92 Å². The highest BCUT2D eigenvalue weighted by molar-refractivity contribution is 7.88. The average molecular weight is 340 g/mol. The van der Waals surface area contributed by atoms with Gasteiger partial charge in [-0.05, 0) is 37.7 Å². The van der Waals surface area contributed by atoms with Crippen molar-refractivity contribution in [1.29, 1.82) is 0 Å². The van der Waals surface area contributed by atoms with E-state index in [0.29, 0.717) is 24.5 Å². The minimum Gasteiger partial charge on any atom is -0.376 e. The van der Waals surface area contributed by atoms with Crippen LogP contribution < -0.4 is 4.72 Å². The van der Waals surface area contributed by atoms with Gasteiger partial charge in [-0.1, -0.05) is 12.1 Å². The van der Waals surface area contributed by atoms with Crippen molar-refractivity contribution in [3.8, 4) is 0 Å². The lowest BCUT2D eigenvalue weighted by Crippen LogP contribution is -2.52. The van der Waals surface area contributed by atoms with Gasteiger partial charge in [0, 0.05) is 18.7 Å². The summed E-state index contributed by atoms with van der Waals surface area (Å²) in [6.45, 7) is 2.47. The fourth-order valence-corrected chi connectivity index (χ4v) is 4.85. The molecule has 1 aliphatic heterocycles. The van der Waals surface area contributed by atoms with Gasteiger partial charge in [-0.3, -0.25) is 10.1 Å². The first-order valence-corrected chi connectivity index (χ1v) is 9.31. The van der Waals surface area contributed by atoms with Crippen LogP contribution in [0, 0.1) is 16.0 Å². The van der Waals surface area contributed by atoms with Gasteiger partial charge in [-0.15, -0.1) is 0 Å². The molecule has 2 aliphatic rings. The Labute approximate surface area is 135 Å². The van der Waals surface area contributed by atoms with E-state index < -0.39 is 20.5 Å². The highest BCUT2D eigenvalue weighted by Gasteiger charge is 2.49. The fourth-order valence-electron chi connectivity index (χ4n) is 3.21. The SMILES string of the molecule is C[C@@]1(NS(=O)(=O)Cc2ccc([N+](=O)[O-])cc2)CCO[C@@H]1C1CC1. The molecule has 0 amide bonds. The van der Waals surface area contributed by atoms with Gasteiger partial charge in [-0.25, -0.2) is 13.1 Å². The maximum atomic E-state index is 12.5. The Hall–Kier alpha value is -1.51. The van der Waals surface area contributed by atoms with E-state index >= 15 is 0 Å². The molecule has 1 saturated heterocycles. The normalized spacial score (nSPS) is 28.0. The average Bonchev–Trinajstić information content (AvgIpc) is 3.22. The van der Waals surface area contributed by atoms with Crippen LogP contribution in [0.3, 0.4) is 0 Å². The zero-order valence-electron chi connectivity index (χ0n) is 12.9. The highest BCUT2D eigenvalue weighted by Crippen LogP contribution is 2.43. The number of sulfonamides is 1. The predicted octanol–water partition coefficient (Wildman–Crippen LogP) is 1.97. The van der Waals surface area contributed by atoms with Crippen molar-refractivity contribution in [3.05, 3.63) is 39.9 Å². The van der Waals surface area contributed by atoms with Gasteiger partial charge in [-0.2, -0.15) is 0 Å². The Balaban J connectivity index is 1.70. The molecule has 1 N–H and O–H groups in total. The Morgan fingerprint density at radius 1 is 1.35 bits per heavy atom. The monoisotopic (exact) mass is 340 g/mol. The molecule has 2 atom stereocenters. The van der Waals surface area contributed by atoms with Gasteiger partial charge in [0.05, 0.1) is 22.3 Å². The summed E-state index contributed by atoms with van der Waals surface area (Å²) in [5.74, 6) is 0.252. The van der Waals surface area contributed by atoms with Crippen molar-refractivity contribution in [1.82, 2.24) is 4.72 Å². The maximum absolute atomic E-state index is 12.5. The van der Waals surface area contributed by atoms with Crippen molar-refractivity contribution in [3.63, 3.8) is 0 Å². The second kappa shape index (κ2) is 5.85. The molecule has 1 saturated carbocycles. The van der Waals surface area contributed by atoms with Crippen LogP contribution in [0.15, 0.2) is 24.3 Å². The Kier molecular flexibility index (Phi) is 4.16. The molecule has 0 unspecified atom stereocenters. The number of rotatable bonds is 6.